The van der Waals surface area contributed by atoms with Crippen LogP contribution in [0.3, 0.4) is 0 Å². The van der Waals surface area contributed by atoms with E-state index in [4.69, 9.17) is 5.73 Å². The van der Waals surface area contributed by atoms with Crippen molar-refractivity contribution in [1.29, 1.82) is 0 Å². The molecule has 1 heterocycles. The lowest BCUT2D eigenvalue weighted by Gasteiger charge is -2.09. The van der Waals surface area contributed by atoms with Crippen molar-refractivity contribution >= 4 is 17.3 Å². The fraction of sp³-hybridized carbons (Fsp3) is 0.0833. The number of halogens is 2. The summed E-state index contributed by atoms with van der Waals surface area (Å²) in [6.45, 7) is 1.71. The Morgan fingerprint density at radius 3 is 2.63 bits per heavy atom. The Bertz CT molecular complexity index is 628. The maximum Gasteiger partial charge on any atom is 0.275 e. The van der Waals surface area contributed by atoms with Crippen LogP contribution < -0.4 is 11.1 Å². The quantitative estimate of drug-likeness (QED) is 0.812. The number of nitrogens with one attached hydrogen (secondary N) is 1. The van der Waals surface area contributed by atoms with E-state index in [-0.39, 0.29) is 11.4 Å². The second-order valence-corrected chi connectivity index (χ2v) is 3.82. The first-order valence-electron chi connectivity index (χ1n) is 5.32. The van der Waals surface area contributed by atoms with Gasteiger partial charge in [0.1, 0.15) is 11.4 Å². The standard InChI is InChI=1S/C12H10F2N4O/c1-6-4-17-9(5-16-6)12(19)18-11-8(15)3-2-7(13)10(11)14/h2-5H,15H2,1H3,(H,18,19). The summed E-state index contributed by atoms with van der Waals surface area (Å²) in [7, 11) is 0. The molecule has 0 spiro atoms. The van der Waals surface area contributed by atoms with Crippen LogP contribution in [0.15, 0.2) is 24.5 Å². The molecule has 0 unspecified atom stereocenters. The molecule has 0 bridgehead atoms. The number of nitrogens with zero attached hydrogens (tertiary/aromatic N) is 2. The van der Waals surface area contributed by atoms with E-state index in [1.165, 1.54) is 12.4 Å². The van der Waals surface area contributed by atoms with Gasteiger partial charge in [0, 0.05) is 6.20 Å². The zero-order valence-electron chi connectivity index (χ0n) is 9.95. The predicted molar refractivity (Wildman–Crippen MR) is 65.5 cm³/mol. The number of amides is 1. The van der Waals surface area contributed by atoms with Gasteiger partial charge in [-0.15, -0.1) is 0 Å². The summed E-state index contributed by atoms with van der Waals surface area (Å²) in [5.41, 5.74) is 5.61. The van der Waals surface area contributed by atoms with Crippen LogP contribution in [0, 0.1) is 18.6 Å². The highest BCUT2D eigenvalue weighted by Gasteiger charge is 2.16. The summed E-state index contributed by atoms with van der Waals surface area (Å²) < 4.78 is 26.6. The van der Waals surface area contributed by atoms with Gasteiger partial charge in [-0.2, -0.15) is 0 Å². The number of aryl methyl sites for hydroxylation is 1. The van der Waals surface area contributed by atoms with E-state index in [1.807, 2.05) is 0 Å². The van der Waals surface area contributed by atoms with Crippen molar-refractivity contribution < 1.29 is 13.6 Å². The lowest BCUT2D eigenvalue weighted by atomic mass is 10.2. The summed E-state index contributed by atoms with van der Waals surface area (Å²) in [6, 6.07) is 2.04. The first kappa shape index (κ1) is 12.9. The molecule has 7 heteroatoms. The van der Waals surface area contributed by atoms with Crippen molar-refractivity contribution in [2.45, 2.75) is 6.92 Å². The van der Waals surface area contributed by atoms with Gasteiger partial charge in [-0.1, -0.05) is 0 Å². The van der Waals surface area contributed by atoms with Gasteiger partial charge in [-0.05, 0) is 19.1 Å². The van der Waals surface area contributed by atoms with Crippen molar-refractivity contribution in [2.75, 3.05) is 11.1 Å². The minimum absolute atomic E-state index is 0.0198. The van der Waals surface area contributed by atoms with E-state index in [1.54, 1.807) is 6.92 Å². The molecular weight excluding hydrogens is 254 g/mol. The van der Waals surface area contributed by atoms with Gasteiger partial charge in [0.2, 0.25) is 0 Å². The van der Waals surface area contributed by atoms with Gasteiger partial charge in [-0.3, -0.25) is 9.78 Å². The maximum absolute atomic E-state index is 13.5. The predicted octanol–water partition coefficient (Wildman–Crippen LogP) is 1.90. The molecule has 0 aliphatic rings. The second-order valence-electron chi connectivity index (χ2n) is 3.82. The highest BCUT2D eigenvalue weighted by molar-refractivity contribution is 6.04. The number of hydrogen-bond acceptors (Lipinski definition) is 4. The monoisotopic (exact) mass is 264 g/mol. The van der Waals surface area contributed by atoms with Crippen LogP contribution in [0.5, 0.6) is 0 Å². The number of nitrogen functional groups attached to an aromatic ring is 1. The van der Waals surface area contributed by atoms with Crippen molar-refractivity contribution in [3.63, 3.8) is 0 Å². The molecule has 0 aliphatic heterocycles. The highest BCUT2D eigenvalue weighted by atomic mass is 19.2. The summed E-state index contributed by atoms with van der Waals surface area (Å²) in [5, 5.41) is 2.17. The fourth-order valence-corrected chi connectivity index (χ4v) is 1.38. The van der Waals surface area contributed by atoms with Crippen LogP contribution in [-0.2, 0) is 0 Å². The molecule has 19 heavy (non-hydrogen) atoms. The van der Waals surface area contributed by atoms with Crippen molar-refractivity contribution in [2.24, 2.45) is 0 Å². The van der Waals surface area contributed by atoms with Gasteiger partial charge in [0.25, 0.3) is 5.91 Å². The van der Waals surface area contributed by atoms with Gasteiger partial charge < -0.3 is 11.1 Å². The zero-order chi connectivity index (χ0) is 14.0. The molecule has 3 N–H and O–H groups in total. The fourth-order valence-electron chi connectivity index (χ4n) is 1.38. The van der Waals surface area contributed by atoms with Gasteiger partial charge in [0.05, 0.1) is 17.6 Å². The third-order valence-corrected chi connectivity index (χ3v) is 2.38. The Balaban J connectivity index is 2.29. The largest absolute Gasteiger partial charge is 0.397 e. The topological polar surface area (TPSA) is 80.9 Å². The average molecular weight is 264 g/mol. The average Bonchev–Trinajstić information content (AvgIpc) is 2.40. The molecule has 0 aliphatic carbocycles. The number of carbonyl (C=O) groups excluding carboxylic acids is 1. The Labute approximate surface area is 107 Å². The van der Waals surface area contributed by atoms with Gasteiger partial charge >= 0.3 is 0 Å². The number of carbonyl (C=O) groups is 1. The normalized spacial score (nSPS) is 10.3. The van der Waals surface area contributed by atoms with Crippen LogP contribution in [-0.4, -0.2) is 15.9 Å². The van der Waals surface area contributed by atoms with E-state index >= 15 is 0 Å². The first-order valence-corrected chi connectivity index (χ1v) is 5.32. The third kappa shape index (κ3) is 2.65. The number of benzene rings is 1. The van der Waals surface area contributed by atoms with E-state index < -0.39 is 23.2 Å². The van der Waals surface area contributed by atoms with Crippen LogP contribution in [0.2, 0.25) is 0 Å². The molecule has 0 saturated carbocycles. The van der Waals surface area contributed by atoms with E-state index in [0.717, 1.165) is 12.1 Å². The van der Waals surface area contributed by atoms with Crippen molar-refractivity contribution in [3.05, 3.63) is 47.5 Å². The van der Waals surface area contributed by atoms with Crippen LogP contribution in [0.1, 0.15) is 16.2 Å². The summed E-state index contributed by atoms with van der Waals surface area (Å²) >= 11 is 0. The lowest BCUT2D eigenvalue weighted by molar-refractivity contribution is 0.102. The van der Waals surface area contributed by atoms with Crippen molar-refractivity contribution in [3.8, 4) is 0 Å². The summed E-state index contributed by atoms with van der Waals surface area (Å²) in [5.74, 6) is -3.03. The highest BCUT2D eigenvalue weighted by Crippen LogP contribution is 2.24. The maximum atomic E-state index is 13.5. The molecule has 98 valence electrons. The van der Waals surface area contributed by atoms with Crippen LogP contribution in [0.4, 0.5) is 20.2 Å². The number of aromatic nitrogens is 2. The minimum Gasteiger partial charge on any atom is -0.397 e. The molecule has 0 fully saturated rings. The molecule has 0 saturated heterocycles. The minimum atomic E-state index is -1.21. The van der Waals surface area contributed by atoms with Crippen LogP contribution in [0.25, 0.3) is 0 Å². The lowest BCUT2D eigenvalue weighted by Crippen LogP contribution is -2.16. The smallest absolute Gasteiger partial charge is 0.275 e. The van der Waals surface area contributed by atoms with Gasteiger partial charge in [0.15, 0.2) is 11.6 Å². The molecular formula is C12H10F2N4O. The molecule has 0 radical (unpaired) electrons. The number of anilines is 2. The Morgan fingerprint density at radius 1 is 1.26 bits per heavy atom. The zero-order valence-corrected chi connectivity index (χ0v) is 9.95. The number of hydrogen-bond donors (Lipinski definition) is 2. The van der Waals surface area contributed by atoms with Gasteiger partial charge in [-0.25, -0.2) is 13.8 Å². The number of rotatable bonds is 2. The van der Waals surface area contributed by atoms with E-state index in [2.05, 4.69) is 15.3 Å². The van der Waals surface area contributed by atoms with E-state index in [9.17, 15) is 13.6 Å². The SMILES string of the molecule is Cc1cnc(C(=O)Nc2c(N)ccc(F)c2F)cn1. The Morgan fingerprint density at radius 2 is 2.00 bits per heavy atom. The molecule has 0 atom stereocenters. The molecule has 5 nitrogen and oxygen atoms in total. The molecule has 2 rings (SSSR count). The van der Waals surface area contributed by atoms with Crippen molar-refractivity contribution in [1.82, 2.24) is 9.97 Å². The van der Waals surface area contributed by atoms with Crippen LogP contribution >= 0.6 is 0 Å². The third-order valence-electron chi connectivity index (χ3n) is 2.38. The Kier molecular flexibility index (Phi) is 3.37. The first-order chi connectivity index (χ1) is 8.99. The summed E-state index contributed by atoms with van der Waals surface area (Å²) in [6.07, 6.45) is 2.62. The second kappa shape index (κ2) is 4.97. The molecule has 1 amide bonds. The summed E-state index contributed by atoms with van der Waals surface area (Å²) in [4.78, 5) is 19.5. The Hall–Kier alpha value is -2.57. The molecule has 1 aromatic carbocycles. The number of nitrogens with two attached hydrogens (primary N) is 1. The molecule has 2 aromatic rings. The molecule has 1 aromatic heterocycles. The van der Waals surface area contributed by atoms with E-state index in [0.29, 0.717) is 5.69 Å².